The molecular formula is C33H40N2O4. The minimum absolute atomic E-state index is 0.162. The lowest BCUT2D eigenvalue weighted by Crippen LogP contribution is -2.23. The summed E-state index contributed by atoms with van der Waals surface area (Å²) in [5.41, 5.74) is 4.17. The number of carboxylic acids is 1. The Morgan fingerprint density at radius 2 is 1.62 bits per heavy atom. The van der Waals surface area contributed by atoms with Crippen LogP contribution in [-0.4, -0.2) is 39.9 Å². The molecule has 6 nitrogen and oxygen atoms in total. The summed E-state index contributed by atoms with van der Waals surface area (Å²) in [5, 5.41) is 13.7. The third kappa shape index (κ3) is 7.56. The van der Waals surface area contributed by atoms with Gasteiger partial charge in [-0.15, -0.1) is 0 Å². The third-order valence-corrected chi connectivity index (χ3v) is 6.77. The van der Waals surface area contributed by atoms with E-state index >= 15 is 0 Å². The quantitative estimate of drug-likeness (QED) is 0.161. The van der Waals surface area contributed by atoms with Crippen molar-refractivity contribution < 1.29 is 19.1 Å². The molecule has 2 aromatic rings. The molecular weight excluding hydrogens is 488 g/mol. The first kappa shape index (κ1) is 29.6. The minimum atomic E-state index is -1.20. The molecule has 0 unspecified atom stereocenters. The van der Waals surface area contributed by atoms with E-state index in [4.69, 9.17) is 4.42 Å². The van der Waals surface area contributed by atoms with Gasteiger partial charge in [0.25, 0.3) is 0 Å². The Kier molecular flexibility index (Phi) is 10.4. The molecule has 1 aliphatic heterocycles. The maximum absolute atomic E-state index is 11.8. The Morgan fingerprint density at radius 1 is 0.897 bits per heavy atom. The molecule has 0 amide bonds. The highest BCUT2D eigenvalue weighted by Gasteiger charge is 2.20. The van der Waals surface area contributed by atoms with Crippen LogP contribution in [0.25, 0.3) is 33.4 Å². The zero-order valence-electron chi connectivity index (χ0n) is 24.0. The fourth-order valence-electron chi connectivity index (χ4n) is 4.57. The number of ketones is 1. The van der Waals surface area contributed by atoms with Crippen LogP contribution in [0.4, 0.5) is 5.69 Å². The predicted octanol–water partition coefficient (Wildman–Crippen LogP) is 5.60. The molecule has 6 heteroatoms. The number of rotatable bonds is 9. The van der Waals surface area contributed by atoms with E-state index in [1.54, 1.807) is 19.1 Å². The second kappa shape index (κ2) is 13.7. The molecule has 2 aliphatic rings. The zero-order chi connectivity index (χ0) is 28.5. The highest BCUT2D eigenvalue weighted by molar-refractivity contribution is 6.07. The predicted molar refractivity (Wildman–Crippen MR) is 158 cm³/mol. The van der Waals surface area contributed by atoms with Crippen molar-refractivity contribution in [3.63, 3.8) is 0 Å². The fourth-order valence-corrected chi connectivity index (χ4v) is 4.57. The van der Waals surface area contributed by atoms with Crippen molar-refractivity contribution in [3.8, 4) is 22.5 Å². The van der Waals surface area contributed by atoms with Crippen molar-refractivity contribution in [2.24, 2.45) is 0 Å². The van der Waals surface area contributed by atoms with E-state index in [0.717, 1.165) is 40.4 Å². The van der Waals surface area contributed by atoms with Crippen molar-refractivity contribution in [1.29, 1.82) is 0 Å². The van der Waals surface area contributed by atoms with E-state index in [1.807, 2.05) is 86.2 Å². The van der Waals surface area contributed by atoms with Crippen molar-refractivity contribution >= 4 is 28.4 Å². The van der Waals surface area contributed by atoms with Crippen LogP contribution in [0, 0.1) is 0 Å². The summed E-state index contributed by atoms with van der Waals surface area (Å²) in [4.78, 5) is 24.3. The Labute approximate surface area is 231 Å². The van der Waals surface area contributed by atoms with Crippen molar-refractivity contribution in [3.05, 3.63) is 71.6 Å². The van der Waals surface area contributed by atoms with Gasteiger partial charge in [-0.05, 0) is 37.1 Å². The number of fused-ring (bicyclic) bond motifs is 2. The molecule has 1 aliphatic carbocycles. The van der Waals surface area contributed by atoms with Crippen molar-refractivity contribution in [2.45, 2.75) is 52.4 Å². The minimum Gasteiger partial charge on any atom is -0.545 e. The first-order valence-corrected chi connectivity index (χ1v) is 13.6. The van der Waals surface area contributed by atoms with Gasteiger partial charge in [-0.25, -0.2) is 4.58 Å². The standard InChI is InChI=1S/C24H22N2O3.C9H18O/c1-25(2)15-9-11-19-21(13-15)29-22-14-16(26(3)4)10-12-20(22)23(19)17-7-5-6-8-18(17)24(27)28;1-3-4-5-6-7-8-9(2)10/h5-14H,1-4H3;3-8H2,1-2H3. The molecule has 0 spiro atoms. The molecule has 1 heterocycles. The Hall–Kier alpha value is -3.93. The third-order valence-electron chi connectivity index (χ3n) is 6.77. The summed E-state index contributed by atoms with van der Waals surface area (Å²) in [6, 6.07) is 18.9. The van der Waals surface area contributed by atoms with Crippen LogP contribution < -0.4 is 19.9 Å². The lowest BCUT2D eigenvalue weighted by atomic mass is 9.90. The van der Waals surface area contributed by atoms with Crippen LogP contribution in [0.15, 0.2) is 65.1 Å². The van der Waals surface area contributed by atoms with Crippen LogP contribution in [-0.2, 0) is 4.79 Å². The van der Waals surface area contributed by atoms with Crippen molar-refractivity contribution in [1.82, 2.24) is 4.58 Å². The van der Waals surface area contributed by atoms with Crippen LogP contribution in [0.5, 0.6) is 0 Å². The summed E-state index contributed by atoms with van der Waals surface area (Å²) in [5.74, 6) is -0.170. The van der Waals surface area contributed by atoms with Gasteiger partial charge in [0.1, 0.15) is 31.2 Å². The molecule has 39 heavy (non-hydrogen) atoms. The first-order valence-electron chi connectivity index (χ1n) is 13.6. The number of benzene rings is 3. The summed E-state index contributed by atoms with van der Waals surface area (Å²) in [7, 11) is 7.88. The summed E-state index contributed by atoms with van der Waals surface area (Å²) < 4.78 is 8.28. The smallest absolute Gasteiger partial charge is 0.203 e. The van der Waals surface area contributed by atoms with Gasteiger partial charge >= 0.3 is 0 Å². The number of anilines is 1. The SMILES string of the molecule is CCCCCCCC(C)=O.CN(C)c1ccc2c(-c3ccccc3C(=O)[O-])c3ccc(=[N+](C)C)cc-3oc2c1. The number of Topliss-reactive ketones (excluding diaryl/α,β-unsaturated/α-hetero) is 1. The molecule has 0 radical (unpaired) electrons. The summed E-state index contributed by atoms with van der Waals surface area (Å²) >= 11 is 0. The van der Waals surface area contributed by atoms with Gasteiger partial charge < -0.3 is 24.0 Å². The van der Waals surface area contributed by atoms with Crippen LogP contribution in [0.2, 0.25) is 0 Å². The average Bonchev–Trinajstić information content (AvgIpc) is 2.91. The van der Waals surface area contributed by atoms with Crippen LogP contribution >= 0.6 is 0 Å². The van der Waals surface area contributed by atoms with Gasteiger partial charge in [0.05, 0.1) is 12.0 Å². The highest BCUT2D eigenvalue weighted by Crippen LogP contribution is 2.41. The number of aromatic carboxylic acids is 1. The number of hydrogen-bond acceptors (Lipinski definition) is 5. The van der Waals surface area contributed by atoms with E-state index < -0.39 is 5.97 Å². The Balaban J connectivity index is 0.000000360. The topological polar surface area (TPSA) is 76.6 Å². The first-order chi connectivity index (χ1) is 18.6. The molecule has 0 N–H and O–H groups in total. The monoisotopic (exact) mass is 528 g/mol. The lowest BCUT2D eigenvalue weighted by Gasteiger charge is -2.19. The number of carbonyl (C=O) groups excluding carboxylic acids is 2. The average molecular weight is 529 g/mol. The van der Waals surface area contributed by atoms with E-state index in [-0.39, 0.29) is 5.56 Å². The van der Waals surface area contributed by atoms with Gasteiger partial charge in [0, 0.05) is 60.4 Å². The molecule has 206 valence electrons. The largest absolute Gasteiger partial charge is 0.545 e. The summed E-state index contributed by atoms with van der Waals surface area (Å²) in [6.45, 7) is 3.87. The van der Waals surface area contributed by atoms with Crippen LogP contribution in [0.3, 0.4) is 0 Å². The summed E-state index contributed by atoms with van der Waals surface area (Å²) in [6.07, 6.45) is 6.99. The molecule has 2 aromatic carbocycles. The molecule has 0 saturated carbocycles. The second-order valence-corrected chi connectivity index (χ2v) is 10.3. The maximum Gasteiger partial charge on any atom is 0.203 e. The normalized spacial score (nSPS) is 10.7. The van der Waals surface area contributed by atoms with Crippen molar-refractivity contribution in [2.75, 3.05) is 33.1 Å². The van der Waals surface area contributed by atoms with Gasteiger partial charge in [-0.2, -0.15) is 0 Å². The van der Waals surface area contributed by atoms with Gasteiger partial charge in [-0.3, -0.25) is 0 Å². The number of nitrogens with zero attached hydrogens (tertiary/aromatic N) is 2. The van der Waals surface area contributed by atoms with E-state index in [2.05, 4.69) is 6.92 Å². The highest BCUT2D eigenvalue weighted by atomic mass is 16.4. The molecule has 0 bridgehead atoms. The molecule has 0 aromatic heterocycles. The second-order valence-electron chi connectivity index (χ2n) is 10.3. The lowest BCUT2D eigenvalue weighted by molar-refractivity contribution is -0.254. The number of hydrogen-bond donors (Lipinski definition) is 0. The Morgan fingerprint density at radius 3 is 2.26 bits per heavy atom. The number of unbranched alkanes of at least 4 members (excludes halogenated alkanes) is 4. The van der Waals surface area contributed by atoms with E-state index in [0.29, 0.717) is 22.7 Å². The van der Waals surface area contributed by atoms with E-state index in [9.17, 15) is 14.7 Å². The van der Waals surface area contributed by atoms with Crippen LogP contribution in [0.1, 0.15) is 62.7 Å². The molecule has 0 fully saturated rings. The number of carboxylic acid groups (broad SMARTS) is 1. The van der Waals surface area contributed by atoms with Gasteiger partial charge in [0.15, 0.2) is 0 Å². The molecule has 0 atom stereocenters. The maximum atomic E-state index is 11.8. The van der Waals surface area contributed by atoms with Gasteiger partial charge in [-0.1, -0.05) is 56.9 Å². The molecule has 0 saturated heterocycles. The van der Waals surface area contributed by atoms with E-state index in [1.165, 1.54) is 25.7 Å². The molecule has 4 rings (SSSR count). The fraction of sp³-hybridized carbons (Fsp3) is 0.364. The Bertz CT molecular complexity index is 1480. The number of carbonyl (C=O) groups is 2. The van der Waals surface area contributed by atoms with Gasteiger partial charge in [0.2, 0.25) is 5.36 Å². The zero-order valence-corrected chi connectivity index (χ0v) is 24.0.